The molecule has 1 aliphatic rings. The Hall–Kier alpha value is -2.60. The molecule has 172 valence electrons. The van der Waals surface area contributed by atoms with Gasteiger partial charge in [-0.25, -0.2) is 19.6 Å². The highest BCUT2D eigenvalue weighted by molar-refractivity contribution is 6.33. The largest absolute Gasteiger partial charge is 0.493 e. The predicted octanol–water partition coefficient (Wildman–Crippen LogP) is 2.68. The average Bonchev–Trinajstić information content (AvgIpc) is 3.30. The van der Waals surface area contributed by atoms with E-state index in [0.717, 1.165) is 25.1 Å². The van der Waals surface area contributed by atoms with E-state index in [1.165, 1.54) is 10.8 Å². The first-order chi connectivity index (χ1) is 15.2. The zero-order chi connectivity index (χ0) is 23.0. The van der Waals surface area contributed by atoms with Crippen molar-refractivity contribution in [1.29, 1.82) is 0 Å². The van der Waals surface area contributed by atoms with Crippen LogP contribution >= 0.6 is 11.6 Å². The van der Waals surface area contributed by atoms with E-state index in [-0.39, 0.29) is 39.7 Å². The second-order valence-corrected chi connectivity index (χ2v) is 8.54. The maximum Gasteiger partial charge on any atom is 0.255 e. The van der Waals surface area contributed by atoms with Crippen molar-refractivity contribution in [2.75, 3.05) is 32.6 Å². The zero-order valence-electron chi connectivity index (χ0n) is 18.2. The molecule has 4 rings (SSSR count). The summed E-state index contributed by atoms with van der Waals surface area (Å²) < 4.78 is 37.3. The van der Waals surface area contributed by atoms with Crippen molar-refractivity contribution in [3.8, 4) is 16.9 Å². The molecular weight excluding hydrogens is 442 g/mol. The molecule has 0 amide bonds. The smallest absolute Gasteiger partial charge is 0.255 e. The number of halogens is 3. The molecule has 0 saturated carbocycles. The zero-order valence-corrected chi connectivity index (χ0v) is 19.0. The number of nitrogens with one attached hydrogen (secondary N) is 3. The summed E-state index contributed by atoms with van der Waals surface area (Å²) in [7, 11) is 3.89. The molecule has 3 heterocycles. The van der Waals surface area contributed by atoms with E-state index >= 15 is 8.78 Å². The minimum atomic E-state index is -0.819. The Morgan fingerprint density at radius 3 is 2.56 bits per heavy atom. The van der Waals surface area contributed by atoms with Crippen LogP contribution in [0.2, 0.25) is 5.15 Å². The van der Waals surface area contributed by atoms with Gasteiger partial charge in [-0.2, -0.15) is 19.6 Å². The van der Waals surface area contributed by atoms with Gasteiger partial charge in [0.1, 0.15) is 40.3 Å². The van der Waals surface area contributed by atoms with E-state index in [1.54, 1.807) is 0 Å². The minimum absolute atomic E-state index is 0.0509. The van der Waals surface area contributed by atoms with Crippen LogP contribution in [0.15, 0.2) is 18.5 Å². The van der Waals surface area contributed by atoms with Gasteiger partial charge in [0, 0.05) is 18.7 Å². The topological polar surface area (TPSA) is 111 Å². The summed E-state index contributed by atoms with van der Waals surface area (Å²) in [5, 5.41) is 7.30. The van der Waals surface area contributed by atoms with E-state index in [2.05, 4.69) is 31.2 Å². The number of hydrazine groups is 1. The number of fused-ring (bicyclic) bond motifs is 1. The van der Waals surface area contributed by atoms with Gasteiger partial charge in [0.25, 0.3) is 5.78 Å². The van der Waals surface area contributed by atoms with Gasteiger partial charge in [0.15, 0.2) is 0 Å². The lowest BCUT2D eigenvalue weighted by Crippen LogP contribution is -2.36. The monoisotopic (exact) mass is 466 g/mol. The summed E-state index contributed by atoms with van der Waals surface area (Å²) in [6.07, 6.45) is 2.02. The molecule has 1 fully saturated rings. The van der Waals surface area contributed by atoms with Gasteiger partial charge in [-0.15, -0.1) is 0 Å². The fraction of sp³-hybridized carbons (Fsp3) is 0.450. The van der Waals surface area contributed by atoms with Crippen LogP contribution < -0.4 is 20.9 Å². The van der Waals surface area contributed by atoms with Crippen molar-refractivity contribution in [1.82, 2.24) is 35.3 Å². The van der Waals surface area contributed by atoms with Gasteiger partial charge in [-0.05, 0) is 34.4 Å². The summed E-state index contributed by atoms with van der Waals surface area (Å²) in [5.41, 5.74) is 5.39. The van der Waals surface area contributed by atoms with Crippen LogP contribution in [0.4, 0.5) is 14.6 Å². The molecule has 9 nitrogen and oxygen atoms in total. The summed E-state index contributed by atoms with van der Waals surface area (Å²) in [4.78, 5) is 10.2. The Morgan fingerprint density at radius 2 is 1.94 bits per heavy atom. The lowest BCUT2D eigenvalue weighted by molar-refractivity contribution is 0.279. The number of rotatable bonds is 9. The number of nitrogens with zero attached hydrogens (tertiary/aromatic N) is 5. The van der Waals surface area contributed by atoms with E-state index in [1.807, 2.05) is 32.8 Å². The molecule has 1 aromatic carbocycles. The molecule has 12 heteroatoms. The van der Waals surface area contributed by atoms with E-state index in [4.69, 9.17) is 16.3 Å². The Balaban J connectivity index is 1.72. The number of benzene rings is 1. The Bertz CT molecular complexity index is 1110. The fourth-order valence-electron chi connectivity index (χ4n) is 3.28. The average molecular weight is 467 g/mol. The summed E-state index contributed by atoms with van der Waals surface area (Å²) in [5.74, 6) is -1.05. The molecule has 1 atom stereocenters. The Morgan fingerprint density at radius 1 is 1.25 bits per heavy atom. The SMILES string of the molecule is CC(Nc1c(-c2c(F)cc(OCCCN(C)C)cc2F)c(Cl)nc2ncnn12)C1(C)NN1. The number of hydrogen-bond acceptors (Lipinski definition) is 8. The van der Waals surface area contributed by atoms with Crippen LogP contribution in [0.5, 0.6) is 5.75 Å². The predicted molar refractivity (Wildman–Crippen MR) is 118 cm³/mol. The van der Waals surface area contributed by atoms with Crippen molar-refractivity contribution in [2.45, 2.75) is 32.0 Å². The normalized spacial score (nSPS) is 15.9. The van der Waals surface area contributed by atoms with E-state index < -0.39 is 17.3 Å². The summed E-state index contributed by atoms with van der Waals surface area (Å²) >= 11 is 6.40. The van der Waals surface area contributed by atoms with Crippen LogP contribution in [0.1, 0.15) is 20.3 Å². The van der Waals surface area contributed by atoms with Gasteiger partial charge >= 0.3 is 0 Å². The Labute approximate surface area is 189 Å². The molecule has 32 heavy (non-hydrogen) atoms. The van der Waals surface area contributed by atoms with Gasteiger partial charge < -0.3 is 15.0 Å². The molecule has 0 spiro atoms. The second-order valence-electron chi connectivity index (χ2n) is 8.18. The molecule has 3 N–H and O–H groups in total. The van der Waals surface area contributed by atoms with Crippen molar-refractivity contribution in [3.63, 3.8) is 0 Å². The van der Waals surface area contributed by atoms with E-state index in [9.17, 15) is 0 Å². The molecule has 3 aromatic rings. The molecule has 2 aromatic heterocycles. The first-order valence-corrected chi connectivity index (χ1v) is 10.5. The molecular formula is C20H25ClF2N8O. The molecule has 1 saturated heterocycles. The van der Waals surface area contributed by atoms with Gasteiger partial charge in [0.2, 0.25) is 0 Å². The molecule has 1 aliphatic heterocycles. The van der Waals surface area contributed by atoms with Gasteiger partial charge in [-0.1, -0.05) is 11.6 Å². The number of hydrogen-bond donors (Lipinski definition) is 3. The standard InChI is InChI=1S/C20H25ClF2N8O/c1-11(20(2)28-29-20)26-18-16(17(21)27-19-24-10-25-31(18)19)15-13(22)8-12(9-14(15)23)32-7-5-6-30(3)4/h8-11,26,28-29H,5-7H2,1-4H3. The highest BCUT2D eigenvalue weighted by Gasteiger charge is 2.42. The van der Waals surface area contributed by atoms with Crippen molar-refractivity contribution < 1.29 is 13.5 Å². The third kappa shape index (κ3) is 4.46. The number of aromatic nitrogens is 4. The lowest BCUT2D eigenvalue weighted by atomic mass is 10.0. The quantitative estimate of drug-likeness (QED) is 0.251. The molecule has 0 bridgehead atoms. The first-order valence-electron chi connectivity index (χ1n) is 10.2. The van der Waals surface area contributed by atoms with Crippen molar-refractivity contribution in [2.24, 2.45) is 0 Å². The van der Waals surface area contributed by atoms with Crippen LogP contribution in [0, 0.1) is 11.6 Å². The van der Waals surface area contributed by atoms with Gasteiger partial charge in [0.05, 0.1) is 23.8 Å². The third-order valence-corrected chi connectivity index (χ3v) is 5.68. The fourth-order valence-corrected chi connectivity index (χ4v) is 3.54. The highest BCUT2D eigenvalue weighted by Crippen LogP contribution is 2.39. The number of anilines is 1. The molecule has 1 unspecified atom stereocenters. The summed E-state index contributed by atoms with van der Waals surface area (Å²) in [6.45, 7) is 4.99. The highest BCUT2D eigenvalue weighted by atomic mass is 35.5. The first kappa shape index (κ1) is 22.6. The lowest BCUT2D eigenvalue weighted by Gasteiger charge is -2.22. The van der Waals surface area contributed by atoms with Crippen LogP contribution in [0.3, 0.4) is 0 Å². The number of ether oxygens (including phenoxy) is 1. The van der Waals surface area contributed by atoms with Gasteiger partial charge in [-0.3, -0.25) is 0 Å². The minimum Gasteiger partial charge on any atom is -0.493 e. The Kier molecular flexibility index (Phi) is 6.17. The molecule has 0 radical (unpaired) electrons. The third-order valence-electron chi connectivity index (χ3n) is 5.41. The summed E-state index contributed by atoms with van der Waals surface area (Å²) in [6, 6.07) is 2.10. The molecule has 0 aliphatic carbocycles. The van der Waals surface area contributed by atoms with Crippen LogP contribution in [0.25, 0.3) is 16.9 Å². The van der Waals surface area contributed by atoms with E-state index in [0.29, 0.717) is 6.61 Å². The van der Waals surface area contributed by atoms with Crippen molar-refractivity contribution in [3.05, 3.63) is 35.2 Å². The second kappa shape index (κ2) is 8.74. The van der Waals surface area contributed by atoms with Crippen LogP contribution in [-0.4, -0.2) is 63.4 Å². The maximum absolute atomic E-state index is 15.2. The van der Waals surface area contributed by atoms with Crippen molar-refractivity contribution >= 4 is 23.2 Å². The maximum atomic E-state index is 15.2. The van der Waals surface area contributed by atoms with Crippen LogP contribution in [-0.2, 0) is 0 Å².